The monoisotopic (exact) mass is 448 g/mol. The molecule has 0 aromatic heterocycles. The Labute approximate surface area is 181 Å². The Kier molecular flexibility index (Phi) is 7.73. The molecule has 0 spiro atoms. The minimum absolute atomic E-state index is 0.146. The van der Waals surface area contributed by atoms with Gasteiger partial charge in [-0.2, -0.15) is 0 Å². The van der Waals surface area contributed by atoms with Crippen LogP contribution in [0, 0.1) is 0 Å². The SMILES string of the molecule is CCCC(C)(C)[Si](C)(C)OP(=O)(C(=O)c1c(OC)cccc1OC)c1ccccc1. The van der Waals surface area contributed by atoms with Crippen LogP contribution in [0.15, 0.2) is 48.5 Å². The third-order valence-corrected chi connectivity index (χ3v) is 14.0. The molecule has 1 unspecified atom stereocenters. The first kappa shape index (κ1) is 24.4. The van der Waals surface area contributed by atoms with Crippen LogP contribution in [-0.2, 0) is 8.78 Å². The van der Waals surface area contributed by atoms with Crippen molar-refractivity contribution in [2.24, 2.45) is 0 Å². The molecule has 2 aromatic carbocycles. The van der Waals surface area contributed by atoms with Crippen molar-refractivity contribution in [3.05, 3.63) is 54.1 Å². The fourth-order valence-electron chi connectivity index (χ4n) is 3.42. The molecule has 7 heteroatoms. The van der Waals surface area contributed by atoms with Gasteiger partial charge in [0, 0.05) is 5.30 Å². The van der Waals surface area contributed by atoms with Crippen molar-refractivity contribution >= 4 is 26.5 Å². The van der Waals surface area contributed by atoms with Crippen molar-refractivity contribution in [1.29, 1.82) is 0 Å². The Morgan fingerprint density at radius 1 is 0.967 bits per heavy atom. The second-order valence-electron chi connectivity index (χ2n) is 8.47. The number of methoxy groups -OCH3 is 2. The lowest BCUT2D eigenvalue weighted by Crippen LogP contribution is -2.43. The fourth-order valence-corrected chi connectivity index (χ4v) is 9.89. The minimum Gasteiger partial charge on any atom is -0.496 e. The summed E-state index contributed by atoms with van der Waals surface area (Å²) in [5, 5.41) is 0.216. The van der Waals surface area contributed by atoms with Crippen LogP contribution in [0.25, 0.3) is 0 Å². The third-order valence-electron chi connectivity index (χ3n) is 5.87. The van der Waals surface area contributed by atoms with Crippen LogP contribution in [0.2, 0.25) is 18.1 Å². The normalized spacial score (nSPS) is 14.1. The highest BCUT2D eigenvalue weighted by Crippen LogP contribution is 2.58. The molecule has 0 aliphatic rings. The minimum atomic E-state index is -3.94. The summed E-state index contributed by atoms with van der Waals surface area (Å²) in [5.74, 6) is 0.623. The zero-order chi connectivity index (χ0) is 22.6. The molecule has 0 fully saturated rings. The lowest BCUT2D eigenvalue weighted by molar-refractivity contribution is 0.105. The van der Waals surface area contributed by atoms with E-state index in [1.54, 1.807) is 42.5 Å². The fraction of sp³-hybridized carbons (Fsp3) is 0.435. The summed E-state index contributed by atoms with van der Waals surface area (Å²) in [6, 6.07) is 13.8. The maximum atomic E-state index is 14.5. The highest BCUT2D eigenvalue weighted by Gasteiger charge is 2.49. The van der Waals surface area contributed by atoms with Gasteiger partial charge in [-0.15, -0.1) is 0 Å². The molecule has 2 aromatic rings. The van der Waals surface area contributed by atoms with Gasteiger partial charge in [0.1, 0.15) is 17.1 Å². The average molecular weight is 449 g/mol. The Balaban J connectivity index is 2.69. The Morgan fingerprint density at radius 3 is 1.97 bits per heavy atom. The average Bonchev–Trinajstić information content (AvgIpc) is 2.72. The molecule has 164 valence electrons. The van der Waals surface area contributed by atoms with Crippen LogP contribution in [-0.4, -0.2) is 28.1 Å². The molecule has 0 amide bonds. The lowest BCUT2D eigenvalue weighted by Gasteiger charge is -2.41. The van der Waals surface area contributed by atoms with Crippen molar-refractivity contribution in [1.82, 2.24) is 0 Å². The van der Waals surface area contributed by atoms with Gasteiger partial charge in [0.15, 0.2) is 0 Å². The van der Waals surface area contributed by atoms with E-state index >= 15 is 0 Å². The zero-order valence-electron chi connectivity index (χ0n) is 19.0. The van der Waals surface area contributed by atoms with E-state index in [4.69, 9.17) is 13.7 Å². The van der Waals surface area contributed by atoms with Crippen LogP contribution in [0.5, 0.6) is 11.5 Å². The van der Waals surface area contributed by atoms with Gasteiger partial charge in [0.05, 0.1) is 14.2 Å². The largest absolute Gasteiger partial charge is 0.496 e. The molecule has 1 atom stereocenters. The van der Waals surface area contributed by atoms with Crippen LogP contribution in [0.4, 0.5) is 0 Å². The van der Waals surface area contributed by atoms with Crippen LogP contribution in [0.3, 0.4) is 0 Å². The van der Waals surface area contributed by atoms with E-state index in [1.807, 2.05) is 19.2 Å². The maximum Gasteiger partial charge on any atom is 0.291 e. The predicted molar refractivity (Wildman–Crippen MR) is 125 cm³/mol. The molecule has 0 aliphatic carbocycles. The quantitative estimate of drug-likeness (QED) is 0.318. The van der Waals surface area contributed by atoms with Gasteiger partial charge in [-0.1, -0.05) is 51.5 Å². The number of carbonyl (C=O) groups is 1. The van der Waals surface area contributed by atoms with E-state index in [1.165, 1.54) is 14.2 Å². The summed E-state index contributed by atoms with van der Waals surface area (Å²) in [5.41, 5.74) is -0.455. The van der Waals surface area contributed by atoms with Crippen molar-refractivity contribution in [3.63, 3.8) is 0 Å². The summed E-state index contributed by atoms with van der Waals surface area (Å²) in [6.07, 6.45) is 1.91. The van der Waals surface area contributed by atoms with Gasteiger partial charge in [-0.3, -0.25) is 9.36 Å². The van der Waals surface area contributed by atoms with Gasteiger partial charge in [0.2, 0.25) is 8.32 Å². The molecule has 0 aliphatic heterocycles. The number of rotatable bonds is 10. The van der Waals surface area contributed by atoms with Crippen molar-refractivity contribution in [3.8, 4) is 11.5 Å². The van der Waals surface area contributed by atoms with Crippen LogP contribution in [0.1, 0.15) is 44.0 Å². The van der Waals surface area contributed by atoms with Gasteiger partial charge in [-0.25, -0.2) is 0 Å². The summed E-state index contributed by atoms with van der Waals surface area (Å²) < 4.78 is 31.8. The van der Waals surface area contributed by atoms with Gasteiger partial charge in [-0.05, 0) is 48.8 Å². The maximum absolute atomic E-state index is 14.5. The second kappa shape index (κ2) is 9.50. The van der Waals surface area contributed by atoms with E-state index < -0.39 is 21.2 Å². The molecule has 0 saturated carbocycles. The summed E-state index contributed by atoms with van der Waals surface area (Å²) in [6.45, 7) is 10.4. The van der Waals surface area contributed by atoms with Crippen LogP contribution >= 0.6 is 7.37 Å². The predicted octanol–water partition coefficient (Wildman–Crippen LogP) is 6.25. The molecule has 30 heavy (non-hydrogen) atoms. The van der Waals surface area contributed by atoms with Crippen molar-refractivity contribution < 1.29 is 23.0 Å². The standard InChI is InChI=1S/C23H33O5PSi/c1-8-17-23(2,3)30(6,7)28-29(25,18-13-10-9-11-14-18)22(24)21-19(26-4)15-12-16-20(21)27-5/h9-16H,8,17H2,1-7H3. The Morgan fingerprint density at radius 2 is 1.50 bits per heavy atom. The molecule has 0 heterocycles. The number of hydrogen-bond donors (Lipinski definition) is 0. The molecular formula is C23H33O5PSi. The summed E-state index contributed by atoms with van der Waals surface area (Å²) in [4.78, 5) is 13.9. The topological polar surface area (TPSA) is 61.8 Å². The Hall–Kier alpha value is -1.88. The number of ether oxygens (including phenoxy) is 2. The molecule has 0 saturated heterocycles. The number of hydrogen-bond acceptors (Lipinski definition) is 5. The number of benzene rings is 2. The van der Waals surface area contributed by atoms with E-state index in [0.29, 0.717) is 16.8 Å². The zero-order valence-corrected chi connectivity index (χ0v) is 20.9. The first-order valence-corrected chi connectivity index (χ1v) is 14.7. The molecule has 5 nitrogen and oxygen atoms in total. The van der Waals surface area contributed by atoms with Crippen LogP contribution < -0.4 is 14.8 Å². The third kappa shape index (κ3) is 4.71. The smallest absolute Gasteiger partial charge is 0.291 e. The van der Waals surface area contributed by atoms with Gasteiger partial charge >= 0.3 is 0 Å². The Bertz CT molecular complexity index is 902. The molecule has 0 bridgehead atoms. The lowest BCUT2D eigenvalue weighted by atomic mass is 10.1. The van der Waals surface area contributed by atoms with E-state index in [2.05, 4.69) is 20.8 Å². The summed E-state index contributed by atoms with van der Waals surface area (Å²) in [7, 11) is -3.58. The van der Waals surface area contributed by atoms with E-state index in [9.17, 15) is 9.36 Å². The first-order chi connectivity index (χ1) is 14.0. The summed E-state index contributed by atoms with van der Waals surface area (Å²) >= 11 is 0. The van der Waals surface area contributed by atoms with Gasteiger partial charge in [0.25, 0.3) is 12.9 Å². The molecular weight excluding hydrogens is 415 g/mol. The van der Waals surface area contributed by atoms with E-state index in [-0.39, 0.29) is 10.6 Å². The highest BCUT2D eigenvalue weighted by molar-refractivity contribution is 7.84. The second-order valence-corrected chi connectivity index (χ2v) is 15.6. The number of carbonyl (C=O) groups excluding carboxylic acids is 1. The molecule has 0 N–H and O–H groups in total. The van der Waals surface area contributed by atoms with Crippen molar-refractivity contribution in [2.45, 2.75) is 51.7 Å². The van der Waals surface area contributed by atoms with Gasteiger partial charge < -0.3 is 13.7 Å². The first-order valence-electron chi connectivity index (χ1n) is 10.2. The molecule has 2 rings (SSSR count). The van der Waals surface area contributed by atoms with E-state index in [0.717, 1.165) is 12.8 Å². The highest BCUT2D eigenvalue weighted by atomic mass is 31.2. The van der Waals surface area contributed by atoms with Crippen molar-refractivity contribution in [2.75, 3.05) is 14.2 Å². The molecule has 0 radical (unpaired) electrons.